The maximum Gasteiger partial charge on any atom is 0.331 e. The van der Waals surface area contributed by atoms with Crippen LogP contribution in [0.1, 0.15) is 11.1 Å². The number of amides is 1. The molecule has 0 aliphatic rings. The maximum atomic E-state index is 13.1. The third kappa shape index (κ3) is 6.29. The highest BCUT2D eigenvalue weighted by molar-refractivity contribution is 6.31. The highest BCUT2D eigenvalue weighted by Gasteiger charge is 2.08. The summed E-state index contributed by atoms with van der Waals surface area (Å²) in [7, 11) is 0. The van der Waals surface area contributed by atoms with Crippen molar-refractivity contribution >= 4 is 35.2 Å². The molecule has 0 atom stereocenters. The molecule has 0 unspecified atom stereocenters. The van der Waals surface area contributed by atoms with Gasteiger partial charge in [0.2, 0.25) is 0 Å². The first-order valence-corrected chi connectivity index (χ1v) is 9.03. The summed E-state index contributed by atoms with van der Waals surface area (Å²) in [6, 6.07) is 13.6. The molecule has 148 valence electrons. The highest BCUT2D eigenvalue weighted by Crippen LogP contribution is 2.19. The minimum Gasteiger partial charge on any atom is -0.452 e. The molecule has 1 aromatic heterocycles. The van der Waals surface area contributed by atoms with E-state index >= 15 is 0 Å². The maximum absolute atomic E-state index is 13.1. The molecular formula is C21H17ClFN3O3. The standard InChI is InChI=1S/C21H17ClFN3O3/c22-18-10-17(7-8-19(18)23)25-20(27)14-29-21(28)9-6-16-11-24-26(13-16)12-15-4-2-1-3-5-15/h1-11,13H,12,14H2,(H,25,27)/b9-6+. The number of hydrogen-bond donors (Lipinski definition) is 1. The molecule has 3 aromatic rings. The Morgan fingerprint density at radius 3 is 2.76 bits per heavy atom. The van der Waals surface area contributed by atoms with Crippen molar-refractivity contribution in [2.45, 2.75) is 6.54 Å². The van der Waals surface area contributed by atoms with Crippen molar-refractivity contribution in [3.05, 3.63) is 89.0 Å². The number of ether oxygens (including phenoxy) is 1. The first-order chi connectivity index (χ1) is 14.0. The van der Waals surface area contributed by atoms with E-state index in [-0.39, 0.29) is 5.02 Å². The number of esters is 1. The molecule has 0 spiro atoms. The summed E-state index contributed by atoms with van der Waals surface area (Å²) in [6.07, 6.45) is 6.18. The number of halogens is 2. The van der Waals surface area contributed by atoms with E-state index in [9.17, 15) is 14.0 Å². The van der Waals surface area contributed by atoms with Gasteiger partial charge in [0.05, 0.1) is 17.8 Å². The Labute approximate surface area is 171 Å². The summed E-state index contributed by atoms with van der Waals surface area (Å²) in [5.74, 6) is -1.83. The molecular weight excluding hydrogens is 397 g/mol. The molecule has 1 heterocycles. The topological polar surface area (TPSA) is 73.2 Å². The molecule has 0 aliphatic heterocycles. The molecule has 6 nitrogen and oxygen atoms in total. The van der Waals surface area contributed by atoms with E-state index in [1.165, 1.54) is 18.2 Å². The largest absolute Gasteiger partial charge is 0.452 e. The normalized spacial score (nSPS) is 10.8. The van der Waals surface area contributed by atoms with Gasteiger partial charge in [-0.2, -0.15) is 5.10 Å². The molecule has 0 saturated heterocycles. The summed E-state index contributed by atoms with van der Waals surface area (Å²) in [6.45, 7) is 0.137. The molecule has 1 amide bonds. The Kier molecular flexibility index (Phi) is 6.76. The number of benzene rings is 2. The van der Waals surface area contributed by atoms with Gasteiger partial charge in [-0.05, 0) is 29.8 Å². The van der Waals surface area contributed by atoms with Crippen LogP contribution in [0.3, 0.4) is 0 Å². The second kappa shape index (κ2) is 9.66. The second-order valence-corrected chi connectivity index (χ2v) is 6.48. The van der Waals surface area contributed by atoms with Crippen molar-refractivity contribution in [3.63, 3.8) is 0 Å². The van der Waals surface area contributed by atoms with Gasteiger partial charge in [-0.25, -0.2) is 9.18 Å². The summed E-state index contributed by atoms with van der Waals surface area (Å²) in [5, 5.41) is 6.58. The van der Waals surface area contributed by atoms with Crippen LogP contribution in [0.5, 0.6) is 0 Å². The Morgan fingerprint density at radius 2 is 2.00 bits per heavy atom. The summed E-state index contributed by atoms with van der Waals surface area (Å²) >= 11 is 5.64. The second-order valence-electron chi connectivity index (χ2n) is 6.07. The highest BCUT2D eigenvalue weighted by atomic mass is 35.5. The van der Waals surface area contributed by atoms with Crippen LogP contribution in [0.2, 0.25) is 5.02 Å². The Bertz CT molecular complexity index is 1030. The number of carbonyl (C=O) groups is 2. The zero-order valence-corrected chi connectivity index (χ0v) is 16.0. The van der Waals surface area contributed by atoms with Crippen LogP contribution in [-0.2, 0) is 20.9 Å². The molecule has 8 heteroatoms. The van der Waals surface area contributed by atoms with E-state index in [0.29, 0.717) is 12.2 Å². The summed E-state index contributed by atoms with van der Waals surface area (Å²) in [5.41, 5.74) is 2.14. The molecule has 0 bridgehead atoms. The quantitative estimate of drug-likeness (QED) is 0.470. The summed E-state index contributed by atoms with van der Waals surface area (Å²) < 4.78 is 19.7. The fraction of sp³-hybridized carbons (Fsp3) is 0.0952. The van der Waals surface area contributed by atoms with E-state index in [0.717, 1.165) is 17.2 Å². The van der Waals surface area contributed by atoms with Gasteiger partial charge in [0.1, 0.15) is 5.82 Å². The number of anilines is 1. The van der Waals surface area contributed by atoms with Gasteiger partial charge in [0.25, 0.3) is 5.91 Å². The van der Waals surface area contributed by atoms with Gasteiger partial charge in [-0.1, -0.05) is 41.9 Å². The first kappa shape index (κ1) is 20.3. The van der Waals surface area contributed by atoms with Crippen LogP contribution in [-0.4, -0.2) is 28.3 Å². The minimum absolute atomic E-state index is 0.115. The van der Waals surface area contributed by atoms with Crippen molar-refractivity contribution in [3.8, 4) is 0 Å². The van der Waals surface area contributed by atoms with Crippen LogP contribution in [0, 0.1) is 5.82 Å². The number of rotatable bonds is 7. The average Bonchev–Trinajstić information content (AvgIpc) is 3.16. The monoisotopic (exact) mass is 413 g/mol. The summed E-state index contributed by atoms with van der Waals surface area (Å²) in [4.78, 5) is 23.6. The van der Waals surface area contributed by atoms with E-state index in [1.54, 1.807) is 23.2 Å². The van der Waals surface area contributed by atoms with Crippen LogP contribution in [0.15, 0.2) is 67.0 Å². The predicted octanol–water partition coefficient (Wildman–Crippen LogP) is 3.92. The number of hydrogen-bond acceptors (Lipinski definition) is 4. The van der Waals surface area contributed by atoms with Gasteiger partial charge in [0, 0.05) is 23.5 Å². The molecule has 2 aromatic carbocycles. The predicted molar refractivity (Wildman–Crippen MR) is 108 cm³/mol. The molecule has 0 aliphatic carbocycles. The van der Waals surface area contributed by atoms with E-state index in [1.807, 2.05) is 30.3 Å². The van der Waals surface area contributed by atoms with Crippen LogP contribution >= 0.6 is 11.6 Å². The molecule has 0 saturated carbocycles. The fourth-order valence-corrected chi connectivity index (χ4v) is 2.62. The van der Waals surface area contributed by atoms with Crippen LogP contribution in [0.25, 0.3) is 6.08 Å². The molecule has 29 heavy (non-hydrogen) atoms. The van der Waals surface area contributed by atoms with Crippen molar-refractivity contribution in [2.75, 3.05) is 11.9 Å². The SMILES string of the molecule is O=C(COC(=O)/C=C/c1cnn(Cc2ccccc2)c1)Nc1ccc(F)c(Cl)c1. The lowest BCUT2D eigenvalue weighted by atomic mass is 10.2. The molecule has 0 radical (unpaired) electrons. The smallest absolute Gasteiger partial charge is 0.331 e. The van der Waals surface area contributed by atoms with E-state index in [2.05, 4.69) is 10.4 Å². The van der Waals surface area contributed by atoms with Gasteiger partial charge in [0.15, 0.2) is 6.61 Å². The fourth-order valence-electron chi connectivity index (χ4n) is 2.44. The van der Waals surface area contributed by atoms with E-state index in [4.69, 9.17) is 16.3 Å². The van der Waals surface area contributed by atoms with Gasteiger partial charge in [-0.3, -0.25) is 9.48 Å². The van der Waals surface area contributed by atoms with Crippen molar-refractivity contribution < 1.29 is 18.7 Å². The molecule has 1 N–H and O–H groups in total. The van der Waals surface area contributed by atoms with Crippen molar-refractivity contribution in [1.29, 1.82) is 0 Å². The third-order valence-corrected chi connectivity index (χ3v) is 4.09. The average molecular weight is 414 g/mol. The Hall–Kier alpha value is -3.45. The zero-order chi connectivity index (χ0) is 20.6. The van der Waals surface area contributed by atoms with Gasteiger partial charge >= 0.3 is 5.97 Å². The molecule has 0 fully saturated rings. The third-order valence-electron chi connectivity index (χ3n) is 3.80. The number of aromatic nitrogens is 2. The lowest BCUT2D eigenvalue weighted by Crippen LogP contribution is -2.20. The molecule has 3 rings (SSSR count). The van der Waals surface area contributed by atoms with Gasteiger partial charge in [-0.15, -0.1) is 0 Å². The number of carbonyl (C=O) groups excluding carboxylic acids is 2. The van der Waals surface area contributed by atoms with E-state index < -0.39 is 24.3 Å². The van der Waals surface area contributed by atoms with Crippen LogP contribution in [0.4, 0.5) is 10.1 Å². The Balaban J connectivity index is 1.46. The lowest BCUT2D eigenvalue weighted by molar-refractivity contribution is -0.142. The Morgan fingerprint density at radius 1 is 1.21 bits per heavy atom. The van der Waals surface area contributed by atoms with Gasteiger partial charge < -0.3 is 10.1 Å². The number of nitrogens with one attached hydrogen (secondary N) is 1. The minimum atomic E-state index is -0.673. The number of nitrogens with zero attached hydrogens (tertiary/aromatic N) is 2. The van der Waals surface area contributed by atoms with Crippen molar-refractivity contribution in [1.82, 2.24) is 9.78 Å². The zero-order valence-electron chi connectivity index (χ0n) is 15.2. The first-order valence-electron chi connectivity index (χ1n) is 8.66. The lowest BCUT2D eigenvalue weighted by Gasteiger charge is -2.06. The van der Waals surface area contributed by atoms with Crippen LogP contribution < -0.4 is 5.32 Å². The van der Waals surface area contributed by atoms with Crippen molar-refractivity contribution in [2.24, 2.45) is 0 Å².